The van der Waals surface area contributed by atoms with Gasteiger partial charge in [0.1, 0.15) is 5.75 Å². The van der Waals surface area contributed by atoms with Gasteiger partial charge in [-0.3, -0.25) is 0 Å². The van der Waals surface area contributed by atoms with Gasteiger partial charge < -0.3 is 9.84 Å². The van der Waals surface area contributed by atoms with E-state index in [0.29, 0.717) is 12.2 Å². The van der Waals surface area contributed by atoms with Crippen LogP contribution in [-0.4, -0.2) is 26.5 Å². The van der Waals surface area contributed by atoms with Crippen molar-refractivity contribution in [2.45, 2.75) is 51.2 Å². The van der Waals surface area contributed by atoms with Gasteiger partial charge in [-0.1, -0.05) is 63.5 Å². The summed E-state index contributed by atoms with van der Waals surface area (Å²) < 4.78 is 5.50. The normalized spacial score (nSPS) is 12.2. The Morgan fingerprint density at radius 2 is 1.58 bits per heavy atom. The lowest BCUT2D eigenvalue weighted by atomic mass is 10.0. The van der Waals surface area contributed by atoms with E-state index >= 15 is 0 Å². The minimum absolute atomic E-state index is 0.246. The highest BCUT2D eigenvalue weighted by molar-refractivity contribution is 6.57. The first-order valence-corrected chi connectivity index (χ1v) is 12.6. The number of carbonyl (C=O) groups is 1. The number of carbonyl (C=O) groups excluding carboxylic acids is 1. The largest absolute Gasteiger partial charge is 0.508 e. The summed E-state index contributed by atoms with van der Waals surface area (Å²) in [4.78, 5) is 12.3. The van der Waals surface area contributed by atoms with E-state index in [1.54, 1.807) is 24.3 Å². The van der Waals surface area contributed by atoms with E-state index in [9.17, 15) is 9.90 Å². The third-order valence-electron chi connectivity index (χ3n) is 4.91. The van der Waals surface area contributed by atoms with Gasteiger partial charge in [-0.15, -0.1) is 0 Å². The van der Waals surface area contributed by atoms with Crippen molar-refractivity contribution in [3.05, 3.63) is 54.1 Å². The molecule has 0 aliphatic rings. The van der Waals surface area contributed by atoms with Gasteiger partial charge in [0.05, 0.1) is 12.2 Å². The van der Waals surface area contributed by atoms with Crippen molar-refractivity contribution in [2.75, 3.05) is 6.61 Å². The average Bonchev–Trinajstić information content (AvgIpc) is 2.65. The molecule has 1 N–H and O–H groups in total. The molecule has 3 nitrogen and oxygen atoms in total. The zero-order chi connectivity index (χ0) is 18.9. The number of aromatic hydroxyl groups is 1. The Balaban J connectivity index is 1.88. The third kappa shape index (κ3) is 6.02. The first-order valence-electron chi connectivity index (χ1n) is 9.57. The maximum atomic E-state index is 12.3. The van der Waals surface area contributed by atoms with Crippen LogP contribution < -0.4 is 0 Å². The summed E-state index contributed by atoms with van der Waals surface area (Å²) in [5.74, 6) is -0.00225. The topological polar surface area (TPSA) is 46.5 Å². The molecule has 1 atom stereocenters. The second kappa shape index (κ2) is 10.2. The summed E-state index contributed by atoms with van der Waals surface area (Å²) in [5, 5.41) is 9.37. The van der Waals surface area contributed by atoms with E-state index in [2.05, 4.69) is 20.0 Å². The number of phenolic OH excluding ortho intramolecular Hbond substituents is 1. The van der Waals surface area contributed by atoms with Crippen LogP contribution in [0.4, 0.5) is 0 Å². The molecule has 0 bridgehead atoms. The molecule has 0 aliphatic carbocycles. The molecule has 4 heteroatoms. The minimum atomic E-state index is -0.708. The van der Waals surface area contributed by atoms with Gasteiger partial charge in [0.2, 0.25) is 0 Å². The van der Waals surface area contributed by atoms with Crippen LogP contribution in [0, 0.1) is 0 Å². The van der Waals surface area contributed by atoms with Gasteiger partial charge in [-0.05, 0) is 47.4 Å². The highest BCUT2D eigenvalue weighted by atomic mass is 28.3. The number of hydrogen-bond donors (Lipinski definition) is 1. The van der Waals surface area contributed by atoms with Crippen LogP contribution in [0.1, 0.15) is 43.0 Å². The Labute approximate surface area is 158 Å². The molecule has 0 saturated heterocycles. The molecule has 0 heterocycles. The Bertz CT molecular complexity index is 678. The standard InChI is InChI=1S/C22H30O3Si/c1-4-5-6-21(26(2)3)15-16-25-22(24)19-9-7-17(8-10-19)18-11-13-20(23)14-12-18/h7-14,21,23,26H,4-6,15-16H2,1-3H3. The molecular weight excluding hydrogens is 340 g/mol. The van der Waals surface area contributed by atoms with E-state index in [4.69, 9.17) is 4.74 Å². The fourth-order valence-electron chi connectivity index (χ4n) is 3.12. The predicted molar refractivity (Wildman–Crippen MR) is 111 cm³/mol. The van der Waals surface area contributed by atoms with Crippen LogP contribution in [0.5, 0.6) is 5.75 Å². The molecule has 0 amide bonds. The smallest absolute Gasteiger partial charge is 0.338 e. The zero-order valence-corrected chi connectivity index (χ0v) is 17.2. The van der Waals surface area contributed by atoms with Crippen LogP contribution >= 0.6 is 0 Å². The van der Waals surface area contributed by atoms with E-state index in [1.165, 1.54) is 19.3 Å². The van der Waals surface area contributed by atoms with Crippen molar-refractivity contribution in [3.63, 3.8) is 0 Å². The van der Waals surface area contributed by atoms with Gasteiger partial charge >= 0.3 is 5.97 Å². The number of hydrogen-bond acceptors (Lipinski definition) is 3. The van der Waals surface area contributed by atoms with Crippen LogP contribution in [0.3, 0.4) is 0 Å². The first-order chi connectivity index (χ1) is 12.5. The number of ether oxygens (including phenoxy) is 1. The van der Waals surface area contributed by atoms with Crippen LogP contribution in [0.25, 0.3) is 11.1 Å². The van der Waals surface area contributed by atoms with Gasteiger partial charge in [-0.25, -0.2) is 4.79 Å². The SMILES string of the molecule is CCCCC(CCOC(=O)c1ccc(-c2ccc(O)cc2)cc1)[SiH](C)C. The Hall–Kier alpha value is -2.07. The lowest BCUT2D eigenvalue weighted by molar-refractivity contribution is 0.0497. The molecule has 0 aromatic heterocycles. The lowest BCUT2D eigenvalue weighted by Crippen LogP contribution is -2.16. The molecule has 2 aromatic carbocycles. The molecule has 1 unspecified atom stereocenters. The first kappa shape index (κ1) is 20.2. The van der Waals surface area contributed by atoms with E-state index < -0.39 is 8.80 Å². The maximum absolute atomic E-state index is 12.3. The number of benzene rings is 2. The molecule has 0 spiro atoms. The van der Waals surface area contributed by atoms with Crippen molar-refractivity contribution in [2.24, 2.45) is 0 Å². The van der Waals surface area contributed by atoms with E-state index in [1.807, 2.05) is 24.3 Å². The molecule has 2 rings (SSSR count). The minimum Gasteiger partial charge on any atom is -0.508 e. The van der Waals surface area contributed by atoms with Crippen molar-refractivity contribution in [1.29, 1.82) is 0 Å². The number of esters is 1. The summed E-state index contributed by atoms with van der Waals surface area (Å²) in [6, 6.07) is 14.5. The Kier molecular flexibility index (Phi) is 7.92. The molecule has 0 radical (unpaired) electrons. The highest BCUT2D eigenvalue weighted by Gasteiger charge is 2.15. The summed E-state index contributed by atoms with van der Waals surface area (Å²) in [5.41, 5.74) is 3.34. The monoisotopic (exact) mass is 370 g/mol. The summed E-state index contributed by atoms with van der Waals surface area (Å²) in [6.07, 6.45) is 4.74. The van der Waals surface area contributed by atoms with Crippen molar-refractivity contribution in [1.82, 2.24) is 0 Å². The van der Waals surface area contributed by atoms with E-state index in [-0.39, 0.29) is 11.7 Å². The summed E-state index contributed by atoms with van der Waals surface area (Å²) >= 11 is 0. The molecule has 0 fully saturated rings. The van der Waals surface area contributed by atoms with Gasteiger partial charge in [0.25, 0.3) is 0 Å². The molecular formula is C22H30O3Si. The molecule has 2 aromatic rings. The zero-order valence-electron chi connectivity index (χ0n) is 16.1. The van der Waals surface area contributed by atoms with Gasteiger partial charge in [-0.2, -0.15) is 0 Å². The second-order valence-corrected chi connectivity index (χ2v) is 10.6. The van der Waals surface area contributed by atoms with Crippen molar-refractivity contribution >= 4 is 14.8 Å². The van der Waals surface area contributed by atoms with Crippen LogP contribution in [0.15, 0.2) is 48.5 Å². The van der Waals surface area contributed by atoms with Crippen molar-refractivity contribution in [3.8, 4) is 16.9 Å². The van der Waals surface area contributed by atoms with Crippen LogP contribution in [0.2, 0.25) is 18.6 Å². The fourth-order valence-corrected chi connectivity index (χ4v) is 4.82. The quantitative estimate of drug-likeness (QED) is 0.458. The Morgan fingerprint density at radius 3 is 2.12 bits per heavy atom. The van der Waals surface area contributed by atoms with Gasteiger partial charge in [0, 0.05) is 8.80 Å². The van der Waals surface area contributed by atoms with Crippen molar-refractivity contribution < 1.29 is 14.6 Å². The van der Waals surface area contributed by atoms with Crippen LogP contribution in [-0.2, 0) is 4.74 Å². The van der Waals surface area contributed by atoms with E-state index in [0.717, 1.165) is 23.1 Å². The summed E-state index contributed by atoms with van der Waals surface area (Å²) in [7, 11) is -0.708. The third-order valence-corrected chi connectivity index (χ3v) is 7.47. The molecule has 140 valence electrons. The average molecular weight is 371 g/mol. The lowest BCUT2D eigenvalue weighted by Gasteiger charge is -2.19. The highest BCUT2D eigenvalue weighted by Crippen LogP contribution is 2.24. The maximum Gasteiger partial charge on any atom is 0.338 e. The second-order valence-electron chi connectivity index (χ2n) is 7.20. The van der Waals surface area contributed by atoms with Gasteiger partial charge in [0.15, 0.2) is 0 Å². The summed E-state index contributed by atoms with van der Waals surface area (Å²) in [6.45, 7) is 7.49. The fraction of sp³-hybridized carbons (Fsp3) is 0.409. The predicted octanol–water partition coefficient (Wildman–Crippen LogP) is 5.65. The molecule has 0 aliphatic heterocycles. The number of phenols is 1. The molecule has 0 saturated carbocycles. The molecule has 26 heavy (non-hydrogen) atoms. The number of rotatable bonds is 9. The number of unbranched alkanes of at least 4 members (excludes halogenated alkanes) is 1. The Morgan fingerprint density at radius 1 is 1.00 bits per heavy atom.